The maximum atomic E-state index is 15.1. The second-order valence-electron chi connectivity index (χ2n) is 4.68. The zero-order chi connectivity index (χ0) is 13.0. The van der Waals surface area contributed by atoms with Crippen molar-refractivity contribution < 1.29 is 13.9 Å². The van der Waals surface area contributed by atoms with Crippen molar-refractivity contribution in [3.8, 4) is 5.75 Å². The van der Waals surface area contributed by atoms with Gasteiger partial charge in [0.05, 0.1) is 13.2 Å². The summed E-state index contributed by atoms with van der Waals surface area (Å²) in [6, 6.07) is 5.66. The van der Waals surface area contributed by atoms with Crippen molar-refractivity contribution in [2.24, 2.45) is 5.73 Å². The minimum Gasteiger partial charge on any atom is -0.493 e. The van der Waals surface area contributed by atoms with Crippen LogP contribution in [0.15, 0.2) is 18.2 Å². The summed E-state index contributed by atoms with van der Waals surface area (Å²) >= 11 is 0. The van der Waals surface area contributed by atoms with Gasteiger partial charge in [-0.05, 0) is 24.9 Å². The summed E-state index contributed by atoms with van der Waals surface area (Å²) in [7, 11) is 1.51. The number of nitrogens with two attached hydrogens (primary N) is 1. The standard InChI is InChI=1S/C14H20FNO2/c1-17-10-14(15,7-3-8-16)12-5-2-4-11-6-9-18-13(11)12/h2,4-5H,3,6-10,16H2,1H3. The van der Waals surface area contributed by atoms with Gasteiger partial charge in [-0.25, -0.2) is 4.39 Å². The van der Waals surface area contributed by atoms with Gasteiger partial charge in [0, 0.05) is 19.1 Å². The summed E-state index contributed by atoms with van der Waals surface area (Å²) < 4.78 is 25.7. The van der Waals surface area contributed by atoms with Gasteiger partial charge in [-0.3, -0.25) is 0 Å². The van der Waals surface area contributed by atoms with Crippen molar-refractivity contribution >= 4 is 0 Å². The van der Waals surface area contributed by atoms with E-state index >= 15 is 4.39 Å². The number of rotatable bonds is 6. The third-order valence-electron chi connectivity index (χ3n) is 3.35. The molecular weight excluding hydrogens is 233 g/mol. The van der Waals surface area contributed by atoms with Gasteiger partial charge in [-0.2, -0.15) is 0 Å². The Balaban J connectivity index is 2.33. The summed E-state index contributed by atoms with van der Waals surface area (Å²) in [5, 5.41) is 0. The van der Waals surface area contributed by atoms with Gasteiger partial charge < -0.3 is 15.2 Å². The number of methoxy groups -OCH3 is 1. The molecule has 1 heterocycles. The lowest BCUT2D eigenvalue weighted by molar-refractivity contribution is 0.0286. The average molecular weight is 253 g/mol. The van der Waals surface area contributed by atoms with Crippen molar-refractivity contribution in [2.75, 3.05) is 26.9 Å². The quantitative estimate of drug-likeness (QED) is 0.845. The van der Waals surface area contributed by atoms with Crippen LogP contribution < -0.4 is 10.5 Å². The molecule has 1 atom stereocenters. The number of benzene rings is 1. The van der Waals surface area contributed by atoms with E-state index in [-0.39, 0.29) is 6.61 Å². The first-order valence-corrected chi connectivity index (χ1v) is 6.34. The minimum absolute atomic E-state index is 0.0345. The third kappa shape index (κ3) is 2.49. The molecule has 0 aliphatic carbocycles. The minimum atomic E-state index is -1.51. The van der Waals surface area contributed by atoms with Gasteiger partial charge in [-0.15, -0.1) is 0 Å². The van der Waals surface area contributed by atoms with Crippen LogP contribution in [0, 0.1) is 0 Å². The van der Waals surface area contributed by atoms with E-state index in [0.29, 0.717) is 37.3 Å². The molecule has 1 aliphatic rings. The van der Waals surface area contributed by atoms with E-state index in [2.05, 4.69) is 0 Å². The Hall–Kier alpha value is -1.13. The molecule has 0 fully saturated rings. The lowest BCUT2D eigenvalue weighted by Gasteiger charge is -2.26. The van der Waals surface area contributed by atoms with Gasteiger partial charge in [0.1, 0.15) is 5.75 Å². The number of alkyl halides is 1. The molecular formula is C14H20FNO2. The highest BCUT2D eigenvalue weighted by Crippen LogP contribution is 2.41. The monoisotopic (exact) mass is 253 g/mol. The molecule has 0 spiro atoms. The number of ether oxygens (including phenoxy) is 2. The predicted octanol–water partition coefficient (Wildman–Crippen LogP) is 2.17. The predicted molar refractivity (Wildman–Crippen MR) is 68.6 cm³/mol. The van der Waals surface area contributed by atoms with E-state index in [1.165, 1.54) is 7.11 Å². The number of para-hydroxylation sites is 1. The first-order chi connectivity index (χ1) is 8.71. The molecule has 2 N–H and O–H groups in total. The molecule has 1 unspecified atom stereocenters. The van der Waals surface area contributed by atoms with Crippen LogP contribution in [0.25, 0.3) is 0 Å². The highest BCUT2D eigenvalue weighted by molar-refractivity contribution is 5.47. The lowest BCUT2D eigenvalue weighted by Crippen LogP contribution is -2.27. The van der Waals surface area contributed by atoms with Crippen LogP contribution >= 0.6 is 0 Å². The Labute approximate surface area is 107 Å². The summed E-state index contributed by atoms with van der Waals surface area (Å²) in [5.41, 5.74) is 5.66. The van der Waals surface area contributed by atoms with Crippen LogP contribution in [-0.4, -0.2) is 26.9 Å². The third-order valence-corrected chi connectivity index (χ3v) is 3.35. The zero-order valence-electron chi connectivity index (χ0n) is 10.7. The highest BCUT2D eigenvalue weighted by atomic mass is 19.1. The first kappa shape index (κ1) is 13.3. The molecule has 100 valence electrons. The number of halogens is 1. The second-order valence-corrected chi connectivity index (χ2v) is 4.68. The van der Waals surface area contributed by atoms with E-state index in [9.17, 15) is 0 Å². The summed E-state index contributed by atoms with van der Waals surface area (Å²) in [6.07, 6.45) is 1.84. The van der Waals surface area contributed by atoms with E-state index in [0.717, 1.165) is 12.0 Å². The molecule has 18 heavy (non-hydrogen) atoms. The highest BCUT2D eigenvalue weighted by Gasteiger charge is 2.36. The summed E-state index contributed by atoms with van der Waals surface area (Å²) in [5.74, 6) is 0.703. The van der Waals surface area contributed by atoms with E-state index in [4.69, 9.17) is 15.2 Å². The number of fused-ring (bicyclic) bond motifs is 1. The lowest BCUT2D eigenvalue weighted by atomic mass is 9.89. The van der Waals surface area contributed by atoms with Crippen LogP contribution in [0.2, 0.25) is 0 Å². The fourth-order valence-electron chi connectivity index (χ4n) is 2.46. The van der Waals surface area contributed by atoms with Crippen molar-refractivity contribution in [1.29, 1.82) is 0 Å². The van der Waals surface area contributed by atoms with Gasteiger partial charge in [0.15, 0.2) is 5.67 Å². The second kappa shape index (κ2) is 5.67. The topological polar surface area (TPSA) is 44.5 Å². The Bertz CT molecular complexity index is 411. The Kier molecular flexibility index (Phi) is 4.19. The summed E-state index contributed by atoms with van der Waals surface area (Å²) in [6.45, 7) is 1.14. The van der Waals surface area contributed by atoms with Gasteiger partial charge in [-0.1, -0.05) is 18.2 Å². The van der Waals surface area contributed by atoms with E-state index < -0.39 is 5.67 Å². The Morgan fingerprint density at radius 1 is 1.50 bits per heavy atom. The molecule has 0 bridgehead atoms. The molecule has 4 heteroatoms. The van der Waals surface area contributed by atoms with E-state index in [1.807, 2.05) is 12.1 Å². The van der Waals surface area contributed by atoms with Crippen LogP contribution in [0.3, 0.4) is 0 Å². The van der Waals surface area contributed by atoms with Crippen LogP contribution in [0.5, 0.6) is 5.75 Å². The van der Waals surface area contributed by atoms with Crippen LogP contribution in [-0.2, 0) is 16.8 Å². The van der Waals surface area contributed by atoms with Crippen LogP contribution in [0.4, 0.5) is 4.39 Å². The van der Waals surface area contributed by atoms with Crippen molar-refractivity contribution in [2.45, 2.75) is 24.9 Å². The SMILES string of the molecule is COCC(F)(CCCN)c1cccc2c1OCC2. The van der Waals surface area contributed by atoms with Crippen molar-refractivity contribution in [3.63, 3.8) is 0 Å². The molecule has 1 aromatic rings. The molecule has 2 rings (SSSR count). The van der Waals surface area contributed by atoms with Gasteiger partial charge in [0.2, 0.25) is 0 Å². The molecule has 1 aliphatic heterocycles. The molecule has 0 saturated heterocycles. The Morgan fingerprint density at radius 2 is 2.33 bits per heavy atom. The van der Waals surface area contributed by atoms with Crippen LogP contribution in [0.1, 0.15) is 24.0 Å². The fraction of sp³-hybridized carbons (Fsp3) is 0.571. The number of hydrogen-bond acceptors (Lipinski definition) is 3. The molecule has 0 radical (unpaired) electrons. The van der Waals surface area contributed by atoms with Gasteiger partial charge in [0.25, 0.3) is 0 Å². The van der Waals surface area contributed by atoms with Gasteiger partial charge >= 0.3 is 0 Å². The van der Waals surface area contributed by atoms with Crippen molar-refractivity contribution in [1.82, 2.24) is 0 Å². The molecule has 3 nitrogen and oxygen atoms in total. The fourth-order valence-corrected chi connectivity index (χ4v) is 2.46. The summed E-state index contributed by atoms with van der Waals surface area (Å²) in [4.78, 5) is 0. The molecule has 1 aromatic carbocycles. The molecule has 0 saturated carbocycles. The van der Waals surface area contributed by atoms with Crippen molar-refractivity contribution in [3.05, 3.63) is 29.3 Å². The zero-order valence-corrected chi connectivity index (χ0v) is 10.7. The first-order valence-electron chi connectivity index (χ1n) is 6.34. The normalized spacial score (nSPS) is 17.1. The maximum Gasteiger partial charge on any atom is 0.162 e. The largest absolute Gasteiger partial charge is 0.493 e. The Morgan fingerprint density at radius 3 is 3.06 bits per heavy atom. The maximum absolute atomic E-state index is 15.1. The molecule has 0 aromatic heterocycles. The average Bonchev–Trinajstić information content (AvgIpc) is 2.84. The van der Waals surface area contributed by atoms with E-state index in [1.54, 1.807) is 6.07 Å². The molecule has 0 amide bonds. The number of hydrogen-bond donors (Lipinski definition) is 1. The smallest absolute Gasteiger partial charge is 0.162 e.